The van der Waals surface area contributed by atoms with Gasteiger partial charge in [0.2, 0.25) is 5.95 Å². The lowest BCUT2D eigenvalue weighted by atomic mass is 10.2. The minimum Gasteiger partial charge on any atom is -0.339 e. The van der Waals surface area contributed by atoms with Crippen LogP contribution >= 0.6 is 0 Å². The molecule has 6 heteroatoms. The predicted molar refractivity (Wildman–Crippen MR) is 79.7 cm³/mol. The van der Waals surface area contributed by atoms with Crippen molar-refractivity contribution in [2.75, 3.05) is 31.1 Å². The molecule has 1 N–H and O–H groups in total. The number of rotatable bonds is 2. The van der Waals surface area contributed by atoms with E-state index >= 15 is 0 Å². The van der Waals surface area contributed by atoms with E-state index in [9.17, 15) is 4.39 Å². The highest BCUT2D eigenvalue weighted by atomic mass is 19.1. The van der Waals surface area contributed by atoms with E-state index in [2.05, 4.69) is 25.2 Å². The predicted octanol–water partition coefficient (Wildman–Crippen LogP) is 1.79. The van der Waals surface area contributed by atoms with E-state index in [-0.39, 0.29) is 5.82 Å². The second-order valence-corrected chi connectivity index (χ2v) is 5.15. The van der Waals surface area contributed by atoms with Crippen molar-refractivity contribution in [2.45, 2.75) is 13.3 Å². The molecule has 1 saturated heterocycles. The van der Waals surface area contributed by atoms with Crippen molar-refractivity contribution in [1.82, 2.24) is 20.3 Å². The average Bonchev–Trinajstić information content (AvgIpc) is 2.78. The fraction of sp³-hybridized carbons (Fsp3) is 0.400. The summed E-state index contributed by atoms with van der Waals surface area (Å²) in [7, 11) is 0. The Morgan fingerprint density at radius 2 is 2.05 bits per heavy atom. The van der Waals surface area contributed by atoms with E-state index in [4.69, 9.17) is 0 Å². The first-order valence-electron chi connectivity index (χ1n) is 7.15. The Kier molecular flexibility index (Phi) is 4.06. The molecule has 3 heterocycles. The van der Waals surface area contributed by atoms with Gasteiger partial charge in [0, 0.05) is 25.8 Å². The summed E-state index contributed by atoms with van der Waals surface area (Å²) in [6.45, 7) is 5.72. The molecule has 3 rings (SSSR count). The number of aryl methyl sites for hydroxylation is 1. The van der Waals surface area contributed by atoms with Crippen LogP contribution in [0, 0.1) is 12.7 Å². The lowest BCUT2D eigenvalue weighted by Gasteiger charge is -2.20. The third kappa shape index (κ3) is 3.16. The van der Waals surface area contributed by atoms with Crippen molar-refractivity contribution in [3.8, 4) is 11.4 Å². The van der Waals surface area contributed by atoms with E-state index < -0.39 is 0 Å². The molecule has 1 aliphatic rings. The highest BCUT2D eigenvalue weighted by Crippen LogP contribution is 2.21. The molecule has 0 radical (unpaired) electrons. The van der Waals surface area contributed by atoms with Gasteiger partial charge in [0.25, 0.3) is 0 Å². The molecule has 2 aromatic rings. The van der Waals surface area contributed by atoms with Gasteiger partial charge in [-0.25, -0.2) is 14.4 Å². The summed E-state index contributed by atoms with van der Waals surface area (Å²) < 4.78 is 13.0. The summed E-state index contributed by atoms with van der Waals surface area (Å²) in [6.07, 6.45) is 4.09. The standard InChI is InChI=1S/C15H18FN5/c1-11-9-19-15(21-7-2-5-17-6-8-21)20-14(11)13-4-3-12(16)10-18-13/h3-4,9-10,17H,2,5-8H2,1H3. The maximum Gasteiger partial charge on any atom is 0.225 e. The molecular formula is C15H18FN5. The number of anilines is 1. The van der Waals surface area contributed by atoms with Crippen LogP contribution in [0.3, 0.4) is 0 Å². The molecule has 110 valence electrons. The Hall–Kier alpha value is -2.08. The molecule has 0 spiro atoms. The molecular weight excluding hydrogens is 269 g/mol. The van der Waals surface area contributed by atoms with Gasteiger partial charge in [0.1, 0.15) is 5.82 Å². The molecule has 0 aliphatic carbocycles. The van der Waals surface area contributed by atoms with Gasteiger partial charge in [-0.1, -0.05) is 0 Å². The number of nitrogens with one attached hydrogen (secondary N) is 1. The third-order valence-corrected chi connectivity index (χ3v) is 3.55. The molecule has 5 nitrogen and oxygen atoms in total. The van der Waals surface area contributed by atoms with Gasteiger partial charge in [-0.05, 0) is 37.6 Å². The van der Waals surface area contributed by atoms with Crippen molar-refractivity contribution in [3.63, 3.8) is 0 Å². The largest absolute Gasteiger partial charge is 0.339 e. The maximum absolute atomic E-state index is 13.0. The number of hydrogen-bond acceptors (Lipinski definition) is 5. The van der Waals surface area contributed by atoms with Crippen molar-refractivity contribution in [3.05, 3.63) is 35.9 Å². The van der Waals surface area contributed by atoms with Crippen LogP contribution in [-0.2, 0) is 0 Å². The SMILES string of the molecule is Cc1cnc(N2CCCNCC2)nc1-c1ccc(F)cn1. The Morgan fingerprint density at radius 3 is 2.86 bits per heavy atom. The molecule has 0 aromatic carbocycles. The molecule has 0 saturated carbocycles. The van der Waals surface area contributed by atoms with Crippen LogP contribution in [0.4, 0.5) is 10.3 Å². The van der Waals surface area contributed by atoms with Crippen molar-refractivity contribution in [2.24, 2.45) is 0 Å². The molecule has 0 unspecified atom stereocenters. The van der Waals surface area contributed by atoms with Gasteiger partial charge in [-0.2, -0.15) is 0 Å². The smallest absolute Gasteiger partial charge is 0.225 e. The monoisotopic (exact) mass is 287 g/mol. The zero-order valence-electron chi connectivity index (χ0n) is 12.0. The molecule has 0 amide bonds. The molecule has 0 atom stereocenters. The summed E-state index contributed by atoms with van der Waals surface area (Å²) in [4.78, 5) is 15.4. The van der Waals surface area contributed by atoms with E-state index in [0.29, 0.717) is 11.6 Å². The van der Waals surface area contributed by atoms with Crippen molar-refractivity contribution >= 4 is 5.95 Å². The quantitative estimate of drug-likeness (QED) is 0.912. The summed E-state index contributed by atoms with van der Waals surface area (Å²) in [5.41, 5.74) is 2.37. The Bertz CT molecular complexity index is 606. The first-order valence-corrected chi connectivity index (χ1v) is 7.15. The van der Waals surface area contributed by atoms with Crippen LogP contribution in [0.25, 0.3) is 11.4 Å². The molecule has 1 aliphatic heterocycles. The number of halogens is 1. The number of aromatic nitrogens is 3. The number of hydrogen-bond donors (Lipinski definition) is 1. The molecule has 2 aromatic heterocycles. The first-order chi connectivity index (χ1) is 10.2. The zero-order valence-corrected chi connectivity index (χ0v) is 12.0. The topological polar surface area (TPSA) is 53.9 Å². The second-order valence-electron chi connectivity index (χ2n) is 5.15. The van der Waals surface area contributed by atoms with Crippen LogP contribution in [0.2, 0.25) is 0 Å². The lowest BCUT2D eigenvalue weighted by molar-refractivity contribution is 0.621. The van der Waals surface area contributed by atoms with Crippen molar-refractivity contribution < 1.29 is 4.39 Å². The Balaban J connectivity index is 1.93. The third-order valence-electron chi connectivity index (χ3n) is 3.55. The van der Waals surface area contributed by atoms with Gasteiger partial charge in [-0.15, -0.1) is 0 Å². The number of pyridine rings is 1. The minimum atomic E-state index is -0.343. The van der Waals surface area contributed by atoms with Gasteiger partial charge in [-0.3, -0.25) is 4.98 Å². The summed E-state index contributed by atoms with van der Waals surface area (Å²) in [5, 5.41) is 3.36. The van der Waals surface area contributed by atoms with Crippen LogP contribution < -0.4 is 10.2 Å². The summed E-state index contributed by atoms with van der Waals surface area (Å²) >= 11 is 0. The van der Waals surface area contributed by atoms with E-state index in [1.165, 1.54) is 12.3 Å². The van der Waals surface area contributed by atoms with Crippen LogP contribution in [0.5, 0.6) is 0 Å². The van der Waals surface area contributed by atoms with Gasteiger partial charge >= 0.3 is 0 Å². The van der Waals surface area contributed by atoms with Crippen LogP contribution in [0.15, 0.2) is 24.5 Å². The minimum absolute atomic E-state index is 0.343. The zero-order chi connectivity index (χ0) is 14.7. The highest BCUT2D eigenvalue weighted by Gasteiger charge is 2.15. The summed E-state index contributed by atoms with van der Waals surface area (Å²) in [5.74, 6) is 0.370. The normalized spacial score (nSPS) is 15.8. The Labute approximate surface area is 123 Å². The van der Waals surface area contributed by atoms with Gasteiger partial charge in [0.05, 0.1) is 17.6 Å². The Morgan fingerprint density at radius 1 is 1.14 bits per heavy atom. The van der Waals surface area contributed by atoms with Crippen molar-refractivity contribution in [1.29, 1.82) is 0 Å². The van der Waals surface area contributed by atoms with Gasteiger partial charge in [0.15, 0.2) is 0 Å². The molecule has 0 bridgehead atoms. The van der Waals surface area contributed by atoms with E-state index in [1.807, 2.05) is 6.92 Å². The first kappa shape index (κ1) is 13.9. The molecule has 1 fully saturated rings. The summed E-state index contributed by atoms with van der Waals surface area (Å²) in [6, 6.07) is 3.05. The van der Waals surface area contributed by atoms with Crippen LogP contribution in [-0.4, -0.2) is 41.1 Å². The fourth-order valence-corrected chi connectivity index (χ4v) is 2.41. The van der Waals surface area contributed by atoms with E-state index in [1.54, 1.807) is 12.3 Å². The second kappa shape index (κ2) is 6.13. The maximum atomic E-state index is 13.0. The van der Waals surface area contributed by atoms with E-state index in [0.717, 1.165) is 43.9 Å². The lowest BCUT2D eigenvalue weighted by Crippen LogP contribution is -2.29. The average molecular weight is 287 g/mol. The number of nitrogens with zero attached hydrogens (tertiary/aromatic N) is 4. The fourth-order valence-electron chi connectivity index (χ4n) is 2.41. The molecule has 21 heavy (non-hydrogen) atoms. The van der Waals surface area contributed by atoms with Gasteiger partial charge < -0.3 is 10.2 Å². The van der Waals surface area contributed by atoms with Crippen LogP contribution in [0.1, 0.15) is 12.0 Å². The highest BCUT2D eigenvalue weighted by molar-refractivity contribution is 5.59.